The highest BCUT2D eigenvalue weighted by molar-refractivity contribution is 8.15. The Morgan fingerprint density at radius 2 is 1.93 bits per heavy atom. The lowest BCUT2D eigenvalue weighted by Crippen LogP contribution is -2.46. The SMILES string of the molecule is CNC(=O)C1CC(=O)N(CCc2ccccc2)C(=Nc2ccc(Cl)cc2)S1. The first-order valence-electron chi connectivity index (χ1n) is 8.63. The van der Waals surface area contributed by atoms with Crippen LogP contribution in [0.2, 0.25) is 5.02 Å². The topological polar surface area (TPSA) is 61.8 Å². The zero-order chi connectivity index (χ0) is 19.2. The van der Waals surface area contributed by atoms with Gasteiger partial charge in [0, 0.05) is 25.0 Å². The number of nitrogens with zero attached hydrogens (tertiary/aromatic N) is 2. The molecule has 0 aliphatic carbocycles. The fourth-order valence-corrected chi connectivity index (χ4v) is 4.04. The second-order valence-electron chi connectivity index (χ2n) is 6.08. The van der Waals surface area contributed by atoms with Crippen LogP contribution in [0.3, 0.4) is 0 Å². The van der Waals surface area contributed by atoms with Gasteiger partial charge in [-0.25, -0.2) is 4.99 Å². The molecule has 1 saturated heterocycles. The van der Waals surface area contributed by atoms with Crippen molar-refractivity contribution in [2.45, 2.75) is 18.1 Å². The smallest absolute Gasteiger partial charge is 0.233 e. The summed E-state index contributed by atoms with van der Waals surface area (Å²) in [6.45, 7) is 0.517. The van der Waals surface area contributed by atoms with Gasteiger partial charge in [-0.1, -0.05) is 53.7 Å². The number of carbonyl (C=O) groups excluding carboxylic acids is 2. The molecule has 1 fully saturated rings. The van der Waals surface area contributed by atoms with Crippen molar-refractivity contribution in [2.24, 2.45) is 4.99 Å². The summed E-state index contributed by atoms with van der Waals surface area (Å²) >= 11 is 7.26. The van der Waals surface area contributed by atoms with Crippen LogP contribution in [-0.4, -0.2) is 40.7 Å². The van der Waals surface area contributed by atoms with Crippen molar-refractivity contribution in [2.75, 3.05) is 13.6 Å². The molecule has 1 heterocycles. The maximum absolute atomic E-state index is 12.7. The number of hydrogen-bond donors (Lipinski definition) is 1. The van der Waals surface area contributed by atoms with Gasteiger partial charge < -0.3 is 5.32 Å². The van der Waals surface area contributed by atoms with Crippen molar-refractivity contribution in [1.82, 2.24) is 10.2 Å². The molecule has 1 aliphatic heterocycles. The van der Waals surface area contributed by atoms with E-state index in [4.69, 9.17) is 11.6 Å². The van der Waals surface area contributed by atoms with E-state index in [1.807, 2.05) is 30.3 Å². The first-order valence-corrected chi connectivity index (χ1v) is 9.89. The minimum absolute atomic E-state index is 0.0917. The van der Waals surface area contributed by atoms with Crippen LogP contribution in [0.15, 0.2) is 59.6 Å². The summed E-state index contributed by atoms with van der Waals surface area (Å²) < 4.78 is 0. The van der Waals surface area contributed by atoms with Crippen LogP contribution < -0.4 is 5.32 Å². The molecular weight excluding hydrogens is 382 g/mol. The van der Waals surface area contributed by atoms with Crippen LogP contribution in [0, 0.1) is 0 Å². The third-order valence-corrected chi connectivity index (χ3v) is 5.64. The van der Waals surface area contributed by atoms with Gasteiger partial charge in [-0.15, -0.1) is 0 Å². The van der Waals surface area contributed by atoms with Gasteiger partial charge in [0.15, 0.2) is 5.17 Å². The van der Waals surface area contributed by atoms with Gasteiger partial charge in [-0.3, -0.25) is 14.5 Å². The third-order valence-electron chi connectivity index (χ3n) is 4.20. The van der Waals surface area contributed by atoms with Crippen LogP contribution in [0.5, 0.6) is 0 Å². The predicted octanol–water partition coefficient (Wildman–Crippen LogP) is 3.65. The van der Waals surface area contributed by atoms with Gasteiger partial charge in [0.2, 0.25) is 11.8 Å². The first-order chi connectivity index (χ1) is 13.1. The number of amides is 2. The average Bonchev–Trinajstić information content (AvgIpc) is 2.69. The summed E-state index contributed by atoms with van der Waals surface area (Å²) in [4.78, 5) is 31.1. The van der Waals surface area contributed by atoms with Gasteiger partial charge in [-0.05, 0) is 36.2 Å². The molecule has 0 bridgehead atoms. The lowest BCUT2D eigenvalue weighted by molar-refractivity contribution is -0.130. The average molecular weight is 402 g/mol. The predicted molar refractivity (Wildman–Crippen MR) is 110 cm³/mol. The van der Waals surface area contributed by atoms with Crippen molar-refractivity contribution < 1.29 is 9.59 Å². The molecule has 3 rings (SSSR count). The molecule has 1 unspecified atom stereocenters. The van der Waals surface area contributed by atoms with E-state index < -0.39 is 5.25 Å². The second-order valence-corrected chi connectivity index (χ2v) is 7.68. The zero-order valence-corrected chi connectivity index (χ0v) is 16.5. The highest BCUT2D eigenvalue weighted by Gasteiger charge is 2.35. The van der Waals surface area contributed by atoms with Crippen molar-refractivity contribution >= 4 is 46.0 Å². The molecule has 1 atom stereocenters. The molecule has 2 aromatic carbocycles. The number of thioether (sulfide) groups is 1. The first kappa shape index (κ1) is 19.5. The summed E-state index contributed by atoms with van der Waals surface area (Å²) in [6.07, 6.45) is 0.885. The van der Waals surface area contributed by atoms with E-state index in [9.17, 15) is 9.59 Å². The number of rotatable bonds is 5. The molecule has 7 heteroatoms. The normalized spacial score (nSPS) is 18.6. The Hall–Kier alpha value is -2.31. The molecule has 2 amide bonds. The number of halogens is 1. The van der Waals surface area contributed by atoms with E-state index in [0.29, 0.717) is 22.4 Å². The van der Waals surface area contributed by atoms with Gasteiger partial charge in [-0.2, -0.15) is 0 Å². The second kappa shape index (κ2) is 9.06. The molecule has 5 nitrogen and oxygen atoms in total. The maximum Gasteiger partial charge on any atom is 0.233 e. The number of benzene rings is 2. The standard InChI is InChI=1S/C20H20ClN3O2S/c1-22-19(26)17-13-18(25)24(12-11-14-5-3-2-4-6-14)20(27-17)23-16-9-7-15(21)8-10-16/h2-10,17H,11-13H2,1H3,(H,22,26). The number of aliphatic imine (C=N–C) groups is 1. The molecule has 27 heavy (non-hydrogen) atoms. The lowest BCUT2D eigenvalue weighted by Gasteiger charge is -2.31. The maximum atomic E-state index is 12.7. The minimum atomic E-state index is -0.471. The molecule has 140 valence electrons. The van der Waals surface area contributed by atoms with Gasteiger partial charge in [0.1, 0.15) is 0 Å². The Morgan fingerprint density at radius 1 is 1.22 bits per heavy atom. The fraction of sp³-hybridized carbons (Fsp3) is 0.250. The molecule has 2 aromatic rings. The van der Waals surface area contributed by atoms with E-state index in [-0.39, 0.29) is 18.2 Å². The summed E-state index contributed by atoms with van der Waals surface area (Å²) in [7, 11) is 1.57. The van der Waals surface area contributed by atoms with E-state index in [1.54, 1.807) is 36.2 Å². The molecule has 0 aromatic heterocycles. The van der Waals surface area contributed by atoms with Gasteiger partial charge >= 0.3 is 0 Å². The monoisotopic (exact) mass is 401 g/mol. The molecule has 1 N–H and O–H groups in total. The van der Waals surface area contributed by atoms with Crippen LogP contribution in [-0.2, 0) is 16.0 Å². The summed E-state index contributed by atoms with van der Waals surface area (Å²) in [5.41, 5.74) is 1.84. The van der Waals surface area contributed by atoms with E-state index in [1.165, 1.54) is 11.8 Å². The minimum Gasteiger partial charge on any atom is -0.358 e. The quantitative estimate of drug-likeness (QED) is 0.831. The fourth-order valence-electron chi connectivity index (χ4n) is 2.73. The largest absolute Gasteiger partial charge is 0.358 e. The summed E-state index contributed by atoms with van der Waals surface area (Å²) in [5, 5.41) is 3.31. The van der Waals surface area contributed by atoms with Crippen LogP contribution in [0.25, 0.3) is 0 Å². The zero-order valence-electron chi connectivity index (χ0n) is 14.9. The number of carbonyl (C=O) groups is 2. The molecule has 0 radical (unpaired) electrons. The highest BCUT2D eigenvalue weighted by atomic mass is 35.5. The van der Waals surface area contributed by atoms with Gasteiger partial charge in [0.05, 0.1) is 10.9 Å². The van der Waals surface area contributed by atoms with Crippen molar-refractivity contribution in [3.8, 4) is 0 Å². The van der Waals surface area contributed by atoms with Crippen LogP contribution in [0.1, 0.15) is 12.0 Å². The van der Waals surface area contributed by atoms with Gasteiger partial charge in [0.25, 0.3) is 0 Å². The summed E-state index contributed by atoms with van der Waals surface area (Å²) in [6, 6.07) is 17.1. The van der Waals surface area contributed by atoms with Crippen LogP contribution >= 0.6 is 23.4 Å². The Labute approximate surface area is 167 Å². The molecular formula is C20H20ClN3O2S. The van der Waals surface area contributed by atoms with Crippen molar-refractivity contribution in [3.05, 3.63) is 65.2 Å². The third kappa shape index (κ3) is 5.11. The van der Waals surface area contributed by atoms with E-state index in [0.717, 1.165) is 12.0 Å². The Kier molecular flexibility index (Phi) is 6.53. The molecule has 0 saturated carbocycles. The highest BCUT2D eigenvalue weighted by Crippen LogP contribution is 2.29. The number of hydrogen-bond acceptors (Lipinski definition) is 4. The van der Waals surface area contributed by atoms with Crippen molar-refractivity contribution in [1.29, 1.82) is 0 Å². The van der Waals surface area contributed by atoms with E-state index >= 15 is 0 Å². The lowest BCUT2D eigenvalue weighted by atomic mass is 10.1. The number of amidine groups is 1. The number of nitrogens with one attached hydrogen (secondary N) is 1. The Balaban J connectivity index is 1.84. The van der Waals surface area contributed by atoms with Crippen molar-refractivity contribution in [3.63, 3.8) is 0 Å². The van der Waals surface area contributed by atoms with Crippen LogP contribution in [0.4, 0.5) is 5.69 Å². The van der Waals surface area contributed by atoms with E-state index in [2.05, 4.69) is 10.3 Å². The Bertz CT molecular complexity index is 840. The molecule has 0 spiro atoms. The molecule has 1 aliphatic rings. The summed E-state index contributed by atoms with van der Waals surface area (Å²) in [5.74, 6) is -0.258. The Morgan fingerprint density at radius 3 is 2.59 bits per heavy atom.